The second-order valence-electron chi connectivity index (χ2n) is 4.88. The Kier molecular flexibility index (Phi) is 3.79. The zero-order valence-electron chi connectivity index (χ0n) is 10.2. The summed E-state index contributed by atoms with van der Waals surface area (Å²) in [5.74, 6) is -0.243. The van der Waals surface area contributed by atoms with Crippen molar-refractivity contribution < 1.29 is 14.2 Å². The highest BCUT2D eigenvalue weighted by molar-refractivity contribution is 5.19. The highest BCUT2D eigenvalue weighted by atomic mass is 19.1. The van der Waals surface area contributed by atoms with Crippen LogP contribution in [0.25, 0.3) is 0 Å². The minimum Gasteiger partial charge on any atom is -0.387 e. The molecule has 0 amide bonds. The molecule has 1 aromatic carbocycles. The molecule has 2 unspecified atom stereocenters. The van der Waals surface area contributed by atoms with Crippen LogP contribution in [0.2, 0.25) is 0 Å². The van der Waals surface area contributed by atoms with E-state index < -0.39 is 5.60 Å². The molecule has 0 radical (unpaired) electrons. The maximum atomic E-state index is 12.8. The van der Waals surface area contributed by atoms with E-state index in [4.69, 9.17) is 4.74 Å². The van der Waals surface area contributed by atoms with Gasteiger partial charge < -0.3 is 9.84 Å². The molecule has 2 rings (SSSR count). The number of halogens is 1. The predicted molar refractivity (Wildman–Crippen MR) is 64.3 cm³/mol. The molecule has 1 fully saturated rings. The average molecular weight is 238 g/mol. The van der Waals surface area contributed by atoms with Crippen LogP contribution in [0.1, 0.15) is 31.2 Å². The molecule has 1 aromatic rings. The van der Waals surface area contributed by atoms with Gasteiger partial charge in [0, 0.05) is 13.5 Å². The molecule has 0 saturated heterocycles. The van der Waals surface area contributed by atoms with Crippen molar-refractivity contribution >= 4 is 0 Å². The zero-order valence-corrected chi connectivity index (χ0v) is 10.2. The number of methoxy groups -OCH3 is 1. The first-order valence-electron chi connectivity index (χ1n) is 6.14. The number of aliphatic hydroxyl groups is 1. The van der Waals surface area contributed by atoms with Crippen LogP contribution in [0.3, 0.4) is 0 Å². The SMILES string of the molecule is COC1CCCCC1(O)Cc1ccc(F)cc1. The normalized spacial score (nSPS) is 29.2. The topological polar surface area (TPSA) is 29.5 Å². The van der Waals surface area contributed by atoms with Gasteiger partial charge in [-0.25, -0.2) is 4.39 Å². The number of ether oxygens (including phenoxy) is 1. The summed E-state index contributed by atoms with van der Waals surface area (Å²) < 4.78 is 18.2. The third-order valence-corrected chi connectivity index (χ3v) is 3.63. The molecule has 0 aliphatic heterocycles. The van der Waals surface area contributed by atoms with Gasteiger partial charge >= 0.3 is 0 Å². The quantitative estimate of drug-likeness (QED) is 0.877. The molecule has 94 valence electrons. The van der Waals surface area contributed by atoms with Gasteiger partial charge in [-0.2, -0.15) is 0 Å². The molecule has 3 heteroatoms. The minimum absolute atomic E-state index is 0.110. The Morgan fingerprint density at radius 2 is 2.06 bits per heavy atom. The number of rotatable bonds is 3. The third-order valence-electron chi connectivity index (χ3n) is 3.63. The summed E-state index contributed by atoms with van der Waals surface area (Å²) in [6.07, 6.45) is 4.20. The lowest BCUT2D eigenvalue weighted by molar-refractivity contribution is -0.116. The van der Waals surface area contributed by atoms with E-state index in [-0.39, 0.29) is 11.9 Å². The van der Waals surface area contributed by atoms with Crippen LogP contribution in [0.5, 0.6) is 0 Å². The lowest BCUT2D eigenvalue weighted by Gasteiger charge is -2.39. The molecule has 0 heterocycles. The van der Waals surface area contributed by atoms with Gasteiger partial charge in [-0.1, -0.05) is 25.0 Å². The fourth-order valence-corrected chi connectivity index (χ4v) is 2.69. The molecule has 1 aliphatic carbocycles. The van der Waals surface area contributed by atoms with Crippen LogP contribution < -0.4 is 0 Å². The van der Waals surface area contributed by atoms with E-state index in [2.05, 4.69) is 0 Å². The van der Waals surface area contributed by atoms with Gasteiger partial charge in [-0.05, 0) is 30.5 Å². The molecule has 2 nitrogen and oxygen atoms in total. The minimum atomic E-state index is -0.801. The van der Waals surface area contributed by atoms with Crippen molar-refractivity contribution in [2.45, 2.75) is 43.8 Å². The Morgan fingerprint density at radius 1 is 1.35 bits per heavy atom. The van der Waals surface area contributed by atoms with Gasteiger partial charge in [0.2, 0.25) is 0 Å². The zero-order chi connectivity index (χ0) is 12.3. The van der Waals surface area contributed by atoms with Gasteiger partial charge in [0.05, 0.1) is 11.7 Å². The molecule has 1 N–H and O–H groups in total. The first kappa shape index (κ1) is 12.5. The largest absolute Gasteiger partial charge is 0.387 e. The smallest absolute Gasteiger partial charge is 0.123 e. The fourth-order valence-electron chi connectivity index (χ4n) is 2.69. The first-order valence-corrected chi connectivity index (χ1v) is 6.14. The molecular formula is C14H19FO2. The van der Waals surface area contributed by atoms with Crippen LogP contribution in [-0.2, 0) is 11.2 Å². The summed E-state index contributed by atoms with van der Waals surface area (Å²) in [7, 11) is 1.64. The van der Waals surface area contributed by atoms with E-state index in [1.54, 1.807) is 19.2 Å². The van der Waals surface area contributed by atoms with Crippen molar-refractivity contribution in [3.05, 3.63) is 35.6 Å². The summed E-state index contributed by atoms with van der Waals surface area (Å²) >= 11 is 0. The van der Waals surface area contributed by atoms with E-state index in [0.717, 1.165) is 31.2 Å². The van der Waals surface area contributed by atoms with Crippen LogP contribution >= 0.6 is 0 Å². The standard InChI is InChI=1S/C14H19FO2/c1-17-13-4-2-3-9-14(13,16)10-11-5-7-12(15)8-6-11/h5-8,13,16H,2-4,9-10H2,1H3. The van der Waals surface area contributed by atoms with Crippen LogP contribution in [0, 0.1) is 5.82 Å². The highest BCUT2D eigenvalue weighted by Gasteiger charge is 2.39. The Hall–Kier alpha value is -0.930. The van der Waals surface area contributed by atoms with E-state index in [1.807, 2.05) is 0 Å². The fraction of sp³-hybridized carbons (Fsp3) is 0.571. The summed E-state index contributed by atoms with van der Waals surface area (Å²) in [6.45, 7) is 0. The van der Waals surface area contributed by atoms with Crippen molar-refractivity contribution in [1.29, 1.82) is 0 Å². The van der Waals surface area contributed by atoms with Crippen molar-refractivity contribution in [2.24, 2.45) is 0 Å². The molecule has 17 heavy (non-hydrogen) atoms. The van der Waals surface area contributed by atoms with E-state index in [0.29, 0.717) is 6.42 Å². The molecule has 0 aromatic heterocycles. The maximum absolute atomic E-state index is 12.8. The van der Waals surface area contributed by atoms with Crippen molar-refractivity contribution in [3.63, 3.8) is 0 Å². The monoisotopic (exact) mass is 238 g/mol. The Bertz CT molecular complexity index is 363. The van der Waals surface area contributed by atoms with Gasteiger partial charge in [0.25, 0.3) is 0 Å². The van der Waals surface area contributed by atoms with Gasteiger partial charge in [0.1, 0.15) is 5.82 Å². The van der Waals surface area contributed by atoms with Crippen molar-refractivity contribution in [2.75, 3.05) is 7.11 Å². The Morgan fingerprint density at radius 3 is 2.71 bits per heavy atom. The number of hydrogen-bond acceptors (Lipinski definition) is 2. The first-order chi connectivity index (χ1) is 8.14. The Labute approximate surface area is 101 Å². The second kappa shape index (κ2) is 5.15. The van der Waals surface area contributed by atoms with Crippen LogP contribution in [-0.4, -0.2) is 23.9 Å². The molecule has 0 spiro atoms. The van der Waals surface area contributed by atoms with Gasteiger partial charge in [-0.3, -0.25) is 0 Å². The van der Waals surface area contributed by atoms with Gasteiger partial charge in [0.15, 0.2) is 0 Å². The molecule has 2 atom stereocenters. The van der Waals surface area contributed by atoms with Gasteiger partial charge in [-0.15, -0.1) is 0 Å². The van der Waals surface area contributed by atoms with E-state index >= 15 is 0 Å². The van der Waals surface area contributed by atoms with Crippen molar-refractivity contribution in [3.8, 4) is 0 Å². The Balaban J connectivity index is 2.11. The summed E-state index contributed by atoms with van der Waals surface area (Å²) in [6, 6.07) is 6.33. The lowest BCUT2D eigenvalue weighted by atomic mass is 9.78. The molecule has 1 aliphatic rings. The summed E-state index contributed by atoms with van der Waals surface area (Å²) in [4.78, 5) is 0. The van der Waals surface area contributed by atoms with E-state index in [1.165, 1.54) is 12.1 Å². The van der Waals surface area contributed by atoms with Crippen molar-refractivity contribution in [1.82, 2.24) is 0 Å². The number of hydrogen-bond donors (Lipinski definition) is 1. The average Bonchev–Trinajstić information content (AvgIpc) is 2.32. The lowest BCUT2D eigenvalue weighted by Crippen LogP contribution is -2.47. The highest BCUT2D eigenvalue weighted by Crippen LogP contribution is 2.33. The van der Waals surface area contributed by atoms with E-state index in [9.17, 15) is 9.50 Å². The van der Waals surface area contributed by atoms with Crippen LogP contribution in [0.4, 0.5) is 4.39 Å². The maximum Gasteiger partial charge on any atom is 0.123 e. The third kappa shape index (κ3) is 2.85. The van der Waals surface area contributed by atoms with Crippen LogP contribution in [0.15, 0.2) is 24.3 Å². The predicted octanol–water partition coefficient (Wildman–Crippen LogP) is 2.69. The second-order valence-corrected chi connectivity index (χ2v) is 4.88. The summed E-state index contributed by atoms with van der Waals surface area (Å²) in [5, 5.41) is 10.6. The molecule has 0 bridgehead atoms. The molecule has 1 saturated carbocycles. The summed E-state index contributed by atoms with van der Waals surface area (Å²) in [5.41, 5.74) is 0.156. The molecular weight excluding hydrogens is 219 g/mol. The number of benzene rings is 1.